The summed E-state index contributed by atoms with van der Waals surface area (Å²) < 4.78 is 30.4. The van der Waals surface area contributed by atoms with E-state index in [1.54, 1.807) is 0 Å². The Hall–Kier alpha value is -4.05. The standard InChI is InChI=1S/C35H37NO7/c37-34-31(36-35(38)42-24-29-19-11-4-12-20-29)33(41-23-28-17-9-3-10-18-28)32(40-22-27-15-7-2-8-16-27)30(43-34)25-39-21-26-13-5-1-6-14-26/h1-20,30-34,37H,21-25H2,(H,36,38)/t30-,31+,32-,33-,34+/m1/s1. The van der Waals surface area contributed by atoms with E-state index in [2.05, 4.69) is 5.32 Å². The predicted molar refractivity (Wildman–Crippen MR) is 161 cm³/mol. The lowest BCUT2D eigenvalue weighted by atomic mass is 9.96. The number of hydrogen-bond donors (Lipinski definition) is 2. The molecule has 5 atom stereocenters. The highest BCUT2D eigenvalue weighted by molar-refractivity contribution is 5.67. The molecule has 0 radical (unpaired) electrons. The summed E-state index contributed by atoms with van der Waals surface area (Å²) in [7, 11) is 0. The fraction of sp³-hybridized carbons (Fsp3) is 0.286. The van der Waals surface area contributed by atoms with Crippen LogP contribution in [0.5, 0.6) is 0 Å². The summed E-state index contributed by atoms with van der Waals surface area (Å²) in [5, 5.41) is 14.0. The fourth-order valence-electron chi connectivity index (χ4n) is 4.91. The third kappa shape index (κ3) is 9.22. The van der Waals surface area contributed by atoms with Gasteiger partial charge in [-0.1, -0.05) is 121 Å². The number of aliphatic hydroxyl groups excluding tert-OH is 1. The number of hydrogen-bond acceptors (Lipinski definition) is 7. The highest BCUT2D eigenvalue weighted by Gasteiger charge is 2.48. The van der Waals surface area contributed by atoms with Gasteiger partial charge in [0.15, 0.2) is 6.29 Å². The summed E-state index contributed by atoms with van der Waals surface area (Å²) in [5.74, 6) is 0. The number of carbonyl (C=O) groups excluding carboxylic acids is 1. The van der Waals surface area contributed by atoms with E-state index in [-0.39, 0.29) is 26.4 Å². The lowest BCUT2D eigenvalue weighted by molar-refractivity contribution is -0.277. The average molecular weight is 584 g/mol. The van der Waals surface area contributed by atoms with Crippen LogP contribution >= 0.6 is 0 Å². The zero-order valence-electron chi connectivity index (χ0n) is 23.9. The molecule has 1 aliphatic rings. The van der Waals surface area contributed by atoms with E-state index in [0.29, 0.717) is 6.61 Å². The Morgan fingerprint density at radius 3 is 1.58 bits per heavy atom. The maximum atomic E-state index is 12.9. The summed E-state index contributed by atoms with van der Waals surface area (Å²) in [6.45, 7) is 1.09. The summed E-state index contributed by atoms with van der Waals surface area (Å²) in [4.78, 5) is 12.9. The molecular weight excluding hydrogens is 546 g/mol. The Morgan fingerprint density at radius 2 is 1.07 bits per heavy atom. The molecule has 2 N–H and O–H groups in total. The Labute approximate surface area is 252 Å². The number of rotatable bonds is 13. The first-order chi connectivity index (χ1) is 21.2. The van der Waals surface area contributed by atoms with Gasteiger partial charge in [0.25, 0.3) is 0 Å². The molecule has 8 heteroatoms. The molecule has 0 unspecified atom stereocenters. The van der Waals surface area contributed by atoms with Crippen molar-refractivity contribution in [2.75, 3.05) is 6.61 Å². The van der Waals surface area contributed by atoms with Crippen molar-refractivity contribution in [2.45, 2.75) is 57.1 Å². The second-order valence-electron chi connectivity index (χ2n) is 10.3. The number of alkyl carbamates (subject to hydrolysis) is 1. The van der Waals surface area contributed by atoms with Gasteiger partial charge in [0, 0.05) is 0 Å². The molecule has 0 aliphatic carbocycles. The Balaban J connectivity index is 1.34. The van der Waals surface area contributed by atoms with Crippen molar-refractivity contribution < 1.29 is 33.6 Å². The van der Waals surface area contributed by atoms with Crippen molar-refractivity contribution in [1.82, 2.24) is 5.32 Å². The average Bonchev–Trinajstić information content (AvgIpc) is 3.05. The van der Waals surface area contributed by atoms with Crippen molar-refractivity contribution in [3.8, 4) is 0 Å². The number of aliphatic hydroxyl groups is 1. The molecule has 0 bridgehead atoms. The zero-order valence-corrected chi connectivity index (χ0v) is 23.9. The van der Waals surface area contributed by atoms with Crippen LogP contribution in [0.1, 0.15) is 22.3 Å². The second-order valence-corrected chi connectivity index (χ2v) is 10.3. The van der Waals surface area contributed by atoms with Gasteiger partial charge in [0.1, 0.15) is 31.0 Å². The first-order valence-corrected chi connectivity index (χ1v) is 14.4. The molecule has 0 spiro atoms. The number of benzene rings is 4. The van der Waals surface area contributed by atoms with Crippen LogP contribution in [0, 0.1) is 0 Å². The molecule has 1 aliphatic heterocycles. The Morgan fingerprint density at radius 1 is 0.628 bits per heavy atom. The minimum atomic E-state index is -1.40. The minimum absolute atomic E-state index is 0.0791. The van der Waals surface area contributed by atoms with Crippen LogP contribution in [0.4, 0.5) is 4.79 Å². The van der Waals surface area contributed by atoms with Gasteiger partial charge < -0.3 is 34.1 Å². The van der Waals surface area contributed by atoms with Crippen LogP contribution < -0.4 is 5.32 Å². The molecule has 4 aromatic rings. The van der Waals surface area contributed by atoms with Crippen LogP contribution in [-0.2, 0) is 50.1 Å². The van der Waals surface area contributed by atoms with E-state index >= 15 is 0 Å². The van der Waals surface area contributed by atoms with Crippen LogP contribution in [0.25, 0.3) is 0 Å². The van der Waals surface area contributed by atoms with E-state index in [9.17, 15) is 9.90 Å². The van der Waals surface area contributed by atoms with Crippen molar-refractivity contribution >= 4 is 6.09 Å². The van der Waals surface area contributed by atoms with Gasteiger partial charge in [-0.2, -0.15) is 0 Å². The predicted octanol–water partition coefficient (Wildman–Crippen LogP) is 5.39. The van der Waals surface area contributed by atoms with Crippen LogP contribution in [0.15, 0.2) is 121 Å². The minimum Gasteiger partial charge on any atom is -0.445 e. The largest absolute Gasteiger partial charge is 0.445 e. The molecule has 1 amide bonds. The molecule has 43 heavy (non-hydrogen) atoms. The number of nitrogens with one attached hydrogen (secondary N) is 1. The molecule has 5 rings (SSSR count). The molecular formula is C35H37NO7. The van der Waals surface area contributed by atoms with Crippen LogP contribution in [-0.4, -0.2) is 48.5 Å². The van der Waals surface area contributed by atoms with E-state index in [0.717, 1.165) is 22.3 Å². The van der Waals surface area contributed by atoms with E-state index in [1.807, 2.05) is 121 Å². The summed E-state index contributed by atoms with van der Waals surface area (Å²) in [6.07, 6.45) is -4.26. The van der Waals surface area contributed by atoms with Crippen molar-refractivity contribution in [2.24, 2.45) is 0 Å². The molecule has 224 valence electrons. The normalized spacial score (nSPS) is 21.7. The lowest BCUT2D eigenvalue weighted by Gasteiger charge is -2.44. The SMILES string of the molecule is O=C(N[C@H]1[C@@H](OCc2ccccc2)[C@H](OCc2ccccc2)[C@@H](COCc2ccccc2)O[C@@H]1O)OCc1ccccc1. The summed E-state index contributed by atoms with van der Waals surface area (Å²) >= 11 is 0. The van der Waals surface area contributed by atoms with Crippen LogP contribution in [0.3, 0.4) is 0 Å². The smallest absolute Gasteiger partial charge is 0.407 e. The molecule has 4 aromatic carbocycles. The number of carbonyl (C=O) groups is 1. The van der Waals surface area contributed by atoms with Crippen LogP contribution in [0.2, 0.25) is 0 Å². The van der Waals surface area contributed by atoms with Gasteiger partial charge >= 0.3 is 6.09 Å². The lowest BCUT2D eigenvalue weighted by Crippen LogP contribution is -2.65. The summed E-state index contributed by atoms with van der Waals surface area (Å²) in [6, 6.07) is 37.7. The van der Waals surface area contributed by atoms with E-state index < -0.39 is 36.7 Å². The maximum absolute atomic E-state index is 12.9. The first kappa shape index (κ1) is 30.4. The van der Waals surface area contributed by atoms with Crippen molar-refractivity contribution in [3.63, 3.8) is 0 Å². The summed E-state index contributed by atoms with van der Waals surface area (Å²) in [5.41, 5.74) is 3.76. The van der Waals surface area contributed by atoms with Gasteiger partial charge in [-0.3, -0.25) is 0 Å². The topological polar surface area (TPSA) is 95.5 Å². The van der Waals surface area contributed by atoms with Crippen molar-refractivity contribution in [1.29, 1.82) is 0 Å². The zero-order chi connectivity index (χ0) is 29.7. The first-order valence-electron chi connectivity index (χ1n) is 14.4. The van der Waals surface area contributed by atoms with Gasteiger partial charge in [0.2, 0.25) is 0 Å². The second kappa shape index (κ2) is 16.0. The highest BCUT2D eigenvalue weighted by atomic mass is 16.7. The molecule has 1 saturated heterocycles. The molecule has 1 fully saturated rings. The number of amides is 1. The van der Waals surface area contributed by atoms with Gasteiger partial charge in [-0.25, -0.2) is 4.79 Å². The van der Waals surface area contributed by atoms with E-state index in [1.165, 1.54) is 0 Å². The number of ether oxygens (including phenoxy) is 5. The molecule has 0 aromatic heterocycles. The highest BCUT2D eigenvalue weighted by Crippen LogP contribution is 2.28. The van der Waals surface area contributed by atoms with Gasteiger partial charge in [0.05, 0.1) is 26.4 Å². The maximum Gasteiger partial charge on any atom is 0.407 e. The quantitative estimate of drug-likeness (QED) is 0.218. The van der Waals surface area contributed by atoms with Crippen molar-refractivity contribution in [3.05, 3.63) is 144 Å². The molecule has 1 heterocycles. The van der Waals surface area contributed by atoms with Gasteiger partial charge in [-0.05, 0) is 22.3 Å². The van der Waals surface area contributed by atoms with E-state index in [4.69, 9.17) is 23.7 Å². The third-order valence-electron chi connectivity index (χ3n) is 7.13. The Kier molecular flexibility index (Phi) is 11.3. The Bertz CT molecular complexity index is 1360. The monoisotopic (exact) mass is 583 g/mol. The van der Waals surface area contributed by atoms with Gasteiger partial charge in [-0.15, -0.1) is 0 Å². The molecule has 8 nitrogen and oxygen atoms in total. The molecule has 0 saturated carbocycles. The fourth-order valence-corrected chi connectivity index (χ4v) is 4.91. The third-order valence-corrected chi connectivity index (χ3v) is 7.13.